The molecule has 3 N–H and O–H groups in total. The molecule has 0 spiro atoms. The van der Waals surface area contributed by atoms with Gasteiger partial charge < -0.3 is 5.73 Å². The molecule has 1 aliphatic carbocycles. The van der Waals surface area contributed by atoms with E-state index in [-0.39, 0.29) is 11.9 Å². The lowest BCUT2D eigenvalue weighted by molar-refractivity contribution is 0.236. The standard InChI is InChI=1S/C15H23N3/c1-11-8-13(11)10-18(2)14(9-15(16)17)12-6-4-3-5-7-12/h3-7,11,13-14H,8-10H2,1-2H3,(H3,16,17). The summed E-state index contributed by atoms with van der Waals surface area (Å²) in [5.41, 5.74) is 6.85. The van der Waals surface area contributed by atoms with E-state index < -0.39 is 0 Å². The highest BCUT2D eigenvalue weighted by molar-refractivity contribution is 5.77. The molecule has 3 heteroatoms. The fraction of sp³-hybridized carbons (Fsp3) is 0.533. The van der Waals surface area contributed by atoms with E-state index in [0.29, 0.717) is 6.42 Å². The second-order valence-electron chi connectivity index (χ2n) is 5.57. The van der Waals surface area contributed by atoms with Crippen molar-refractivity contribution in [2.24, 2.45) is 17.6 Å². The predicted molar refractivity (Wildman–Crippen MR) is 75.6 cm³/mol. The molecule has 98 valence electrons. The van der Waals surface area contributed by atoms with E-state index in [9.17, 15) is 0 Å². The van der Waals surface area contributed by atoms with Gasteiger partial charge >= 0.3 is 0 Å². The Hall–Kier alpha value is -1.35. The van der Waals surface area contributed by atoms with Crippen molar-refractivity contribution in [2.75, 3.05) is 13.6 Å². The van der Waals surface area contributed by atoms with E-state index in [1.807, 2.05) is 6.07 Å². The van der Waals surface area contributed by atoms with Gasteiger partial charge in [-0.15, -0.1) is 0 Å². The van der Waals surface area contributed by atoms with Crippen LogP contribution in [0.25, 0.3) is 0 Å². The highest BCUT2D eigenvalue weighted by Gasteiger charge is 2.34. The number of hydrogen-bond donors (Lipinski definition) is 2. The van der Waals surface area contributed by atoms with Crippen LogP contribution in [0.4, 0.5) is 0 Å². The van der Waals surface area contributed by atoms with Crippen LogP contribution in [-0.2, 0) is 0 Å². The van der Waals surface area contributed by atoms with Gasteiger partial charge in [0.15, 0.2) is 0 Å². The second kappa shape index (κ2) is 5.53. The van der Waals surface area contributed by atoms with Gasteiger partial charge in [-0.25, -0.2) is 0 Å². The van der Waals surface area contributed by atoms with E-state index in [4.69, 9.17) is 11.1 Å². The molecular formula is C15H23N3. The molecule has 0 radical (unpaired) electrons. The Morgan fingerprint density at radius 2 is 2.06 bits per heavy atom. The van der Waals surface area contributed by atoms with Gasteiger partial charge in [0.2, 0.25) is 0 Å². The van der Waals surface area contributed by atoms with Crippen LogP contribution in [0.2, 0.25) is 0 Å². The zero-order valence-electron chi connectivity index (χ0n) is 11.3. The zero-order chi connectivity index (χ0) is 13.1. The summed E-state index contributed by atoms with van der Waals surface area (Å²) in [6.45, 7) is 3.41. The summed E-state index contributed by atoms with van der Waals surface area (Å²) in [6.07, 6.45) is 1.95. The fourth-order valence-corrected chi connectivity index (χ4v) is 2.56. The van der Waals surface area contributed by atoms with Crippen molar-refractivity contribution in [3.63, 3.8) is 0 Å². The Balaban J connectivity index is 2.06. The van der Waals surface area contributed by atoms with Gasteiger partial charge in [-0.1, -0.05) is 37.3 Å². The number of benzene rings is 1. The minimum absolute atomic E-state index is 0.233. The van der Waals surface area contributed by atoms with Crippen molar-refractivity contribution in [1.29, 1.82) is 5.41 Å². The normalized spacial score (nSPS) is 23.9. The topological polar surface area (TPSA) is 53.1 Å². The van der Waals surface area contributed by atoms with E-state index in [1.54, 1.807) is 0 Å². The molecule has 1 aliphatic rings. The van der Waals surface area contributed by atoms with Gasteiger partial charge in [0.05, 0.1) is 5.84 Å². The van der Waals surface area contributed by atoms with Crippen molar-refractivity contribution in [2.45, 2.75) is 25.8 Å². The molecule has 3 unspecified atom stereocenters. The van der Waals surface area contributed by atoms with Crippen LogP contribution >= 0.6 is 0 Å². The average Bonchev–Trinajstić information content (AvgIpc) is 3.02. The smallest absolute Gasteiger partial charge is 0.0924 e. The SMILES string of the molecule is CC1CC1CN(C)C(CC(=N)N)c1ccccc1. The van der Waals surface area contributed by atoms with Crippen LogP contribution < -0.4 is 5.73 Å². The lowest BCUT2D eigenvalue weighted by atomic mass is 10.0. The van der Waals surface area contributed by atoms with E-state index in [1.165, 1.54) is 12.0 Å². The van der Waals surface area contributed by atoms with Crippen LogP contribution in [0.5, 0.6) is 0 Å². The first-order valence-electron chi connectivity index (χ1n) is 6.66. The van der Waals surface area contributed by atoms with Gasteiger partial charge in [0.1, 0.15) is 0 Å². The minimum atomic E-state index is 0.233. The highest BCUT2D eigenvalue weighted by Crippen LogP contribution is 2.39. The number of amidine groups is 1. The number of nitrogens with two attached hydrogens (primary N) is 1. The first kappa shape index (κ1) is 13.1. The quantitative estimate of drug-likeness (QED) is 0.598. The molecule has 0 amide bonds. The Morgan fingerprint density at radius 3 is 2.56 bits per heavy atom. The third-order valence-corrected chi connectivity index (χ3v) is 3.93. The lowest BCUT2D eigenvalue weighted by Crippen LogP contribution is -2.30. The Labute approximate surface area is 109 Å². The molecule has 1 fully saturated rings. The van der Waals surface area contributed by atoms with Gasteiger partial charge in [0.25, 0.3) is 0 Å². The van der Waals surface area contributed by atoms with Gasteiger partial charge in [-0.2, -0.15) is 0 Å². The summed E-state index contributed by atoms with van der Waals surface area (Å²) in [5.74, 6) is 1.95. The van der Waals surface area contributed by atoms with Crippen LogP contribution in [-0.4, -0.2) is 24.3 Å². The van der Waals surface area contributed by atoms with Crippen molar-refractivity contribution in [3.05, 3.63) is 35.9 Å². The minimum Gasteiger partial charge on any atom is -0.388 e. The maximum atomic E-state index is 7.56. The summed E-state index contributed by atoms with van der Waals surface area (Å²) < 4.78 is 0. The van der Waals surface area contributed by atoms with Crippen molar-refractivity contribution in [3.8, 4) is 0 Å². The Bertz CT molecular complexity index is 401. The fourth-order valence-electron chi connectivity index (χ4n) is 2.56. The van der Waals surface area contributed by atoms with E-state index >= 15 is 0 Å². The predicted octanol–water partition coefficient (Wildman–Crippen LogP) is 2.64. The molecule has 2 rings (SSSR count). The molecule has 0 heterocycles. The van der Waals surface area contributed by atoms with Crippen LogP contribution in [0, 0.1) is 17.2 Å². The first-order chi connectivity index (χ1) is 8.58. The van der Waals surface area contributed by atoms with Gasteiger partial charge in [-0.3, -0.25) is 10.3 Å². The monoisotopic (exact) mass is 245 g/mol. The molecule has 1 saturated carbocycles. The lowest BCUT2D eigenvalue weighted by Gasteiger charge is -2.28. The molecule has 3 nitrogen and oxygen atoms in total. The third-order valence-electron chi connectivity index (χ3n) is 3.93. The van der Waals surface area contributed by atoms with E-state index in [0.717, 1.165) is 18.4 Å². The molecule has 0 aromatic heterocycles. The molecule has 0 bridgehead atoms. The molecule has 1 aromatic rings. The van der Waals surface area contributed by atoms with Gasteiger partial charge in [-0.05, 0) is 30.9 Å². The second-order valence-corrected chi connectivity index (χ2v) is 5.57. The number of nitrogens with zero attached hydrogens (tertiary/aromatic N) is 1. The number of nitrogens with one attached hydrogen (secondary N) is 1. The van der Waals surface area contributed by atoms with Crippen molar-refractivity contribution >= 4 is 5.84 Å². The number of hydrogen-bond acceptors (Lipinski definition) is 2. The molecule has 18 heavy (non-hydrogen) atoms. The third kappa shape index (κ3) is 3.33. The zero-order valence-corrected chi connectivity index (χ0v) is 11.3. The highest BCUT2D eigenvalue weighted by atomic mass is 15.1. The largest absolute Gasteiger partial charge is 0.388 e. The molecule has 3 atom stereocenters. The maximum Gasteiger partial charge on any atom is 0.0924 e. The van der Waals surface area contributed by atoms with Crippen molar-refractivity contribution in [1.82, 2.24) is 4.90 Å². The molecule has 0 aliphatic heterocycles. The van der Waals surface area contributed by atoms with Gasteiger partial charge in [0, 0.05) is 19.0 Å². The van der Waals surface area contributed by atoms with E-state index in [2.05, 4.69) is 43.1 Å². The van der Waals surface area contributed by atoms with Crippen LogP contribution in [0.1, 0.15) is 31.4 Å². The maximum absolute atomic E-state index is 7.56. The summed E-state index contributed by atoms with van der Waals surface area (Å²) in [4.78, 5) is 2.35. The summed E-state index contributed by atoms with van der Waals surface area (Å²) in [7, 11) is 2.14. The first-order valence-corrected chi connectivity index (χ1v) is 6.66. The molecule has 0 saturated heterocycles. The van der Waals surface area contributed by atoms with Crippen molar-refractivity contribution < 1.29 is 0 Å². The summed E-state index contributed by atoms with van der Waals surface area (Å²) >= 11 is 0. The Kier molecular flexibility index (Phi) is 4.02. The van der Waals surface area contributed by atoms with Crippen LogP contribution in [0.15, 0.2) is 30.3 Å². The van der Waals surface area contributed by atoms with Crippen LogP contribution in [0.3, 0.4) is 0 Å². The molecule has 1 aromatic carbocycles. The Morgan fingerprint density at radius 1 is 1.44 bits per heavy atom. The summed E-state index contributed by atoms with van der Waals surface area (Å²) in [6, 6.07) is 10.6. The average molecular weight is 245 g/mol. The molecular weight excluding hydrogens is 222 g/mol. The number of rotatable bonds is 6. The summed E-state index contributed by atoms with van der Waals surface area (Å²) in [5, 5.41) is 7.56.